The van der Waals surface area contributed by atoms with E-state index >= 15 is 0 Å². The summed E-state index contributed by atoms with van der Waals surface area (Å²) in [5.41, 5.74) is -0.561. The number of ether oxygens (including phenoxy) is 1. The molecule has 2 rings (SSSR count). The van der Waals surface area contributed by atoms with Crippen molar-refractivity contribution in [1.82, 2.24) is 5.32 Å². The van der Waals surface area contributed by atoms with E-state index in [1.165, 1.54) is 7.11 Å². The molecule has 1 heterocycles. The summed E-state index contributed by atoms with van der Waals surface area (Å²) in [7, 11) is 1.29. The van der Waals surface area contributed by atoms with Crippen LogP contribution in [0.1, 0.15) is 25.7 Å². The summed E-state index contributed by atoms with van der Waals surface area (Å²) in [6.45, 7) is 0.502. The fourth-order valence-electron chi connectivity index (χ4n) is 2.73. The minimum Gasteiger partial charge on any atom is -0.468 e. The van der Waals surface area contributed by atoms with Gasteiger partial charge in [0.15, 0.2) is 0 Å². The molecule has 1 aliphatic heterocycles. The first-order valence-corrected chi connectivity index (χ1v) is 5.18. The molecule has 0 bridgehead atoms. The Morgan fingerprint density at radius 2 is 2.20 bits per heavy atom. The van der Waals surface area contributed by atoms with E-state index in [0.717, 1.165) is 0 Å². The van der Waals surface area contributed by atoms with E-state index in [4.69, 9.17) is 0 Å². The van der Waals surface area contributed by atoms with Gasteiger partial charge < -0.3 is 10.1 Å². The Labute approximate surface area is 87.2 Å². The van der Waals surface area contributed by atoms with Gasteiger partial charge in [-0.05, 0) is 12.8 Å². The van der Waals surface area contributed by atoms with Crippen LogP contribution in [0.25, 0.3) is 0 Å². The number of hydrogen-bond donors (Lipinski definition) is 1. The largest absolute Gasteiger partial charge is 0.468 e. The van der Waals surface area contributed by atoms with Crippen LogP contribution in [0.2, 0.25) is 0 Å². The third-order valence-corrected chi connectivity index (χ3v) is 3.54. The lowest BCUT2D eigenvalue weighted by Gasteiger charge is -2.52. The molecule has 0 amide bonds. The first-order valence-electron chi connectivity index (χ1n) is 5.18. The zero-order valence-corrected chi connectivity index (χ0v) is 8.69. The van der Waals surface area contributed by atoms with E-state index in [1.54, 1.807) is 0 Å². The van der Waals surface area contributed by atoms with Gasteiger partial charge in [0.1, 0.15) is 6.04 Å². The topological polar surface area (TPSA) is 38.3 Å². The predicted molar refractivity (Wildman–Crippen MR) is 49.7 cm³/mol. The highest BCUT2D eigenvalue weighted by atomic mass is 19.3. The van der Waals surface area contributed by atoms with Gasteiger partial charge in [-0.2, -0.15) is 0 Å². The molecule has 1 N–H and O–H groups in total. The third kappa shape index (κ3) is 1.73. The van der Waals surface area contributed by atoms with Crippen LogP contribution in [0.4, 0.5) is 8.78 Å². The van der Waals surface area contributed by atoms with Crippen molar-refractivity contribution < 1.29 is 18.3 Å². The highest BCUT2D eigenvalue weighted by Crippen LogP contribution is 2.49. The molecule has 2 fully saturated rings. The third-order valence-electron chi connectivity index (χ3n) is 3.54. The first kappa shape index (κ1) is 10.8. The molecule has 0 unspecified atom stereocenters. The van der Waals surface area contributed by atoms with Crippen LogP contribution in [-0.2, 0) is 9.53 Å². The molecule has 15 heavy (non-hydrogen) atoms. The standard InChI is InChI=1S/C10H15F2NO2/c1-15-8(14)7-9(6-13-7)3-2-4-10(11,12)5-9/h7,13H,2-6H2,1H3/t7-,9-/m0/s1. The van der Waals surface area contributed by atoms with Crippen LogP contribution in [0.15, 0.2) is 0 Å². The van der Waals surface area contributed by atoms with E-state index in [-0.39, 0.29) is 12.8 Å². The second-order valence-corrected chi connectivity index (χ2v) is 4.59. The molecule has 0 aromatic rings. The molecule has 0 aromatic carbocycles. The van der Waals surface area contributed by atoms with Crippen molar-refractivity contribution in [2.45, 2.75) is 37.6 Å². The maximum absolute atomic E-state index is 13.3. The number of esters is 1. The normalized spacial score (nSPS) is 38.5. The fourth-order valence-corrected chi connectivity index (χ4v) is 2.73. The van der Waals surface area contributed by atoms with E-state index in [0.29, 0.717) is 19.4 Å². The molecule has 3 nitrogen and oxygen atoms in total. The van der Waals surface area contributed by atoms with Crippen molar-refractivity contribution in [1.29, 1.82) is 0 Å². The monoisotopic (exact) mass is 219 g/mol. The molecule has 1 spiro atoms. The average molecular weight is 219 g/mol. The number of methoxy groups -OCH3 is 1. The zero-order valence-electron chi connectivity index (χ0n) is 8.69. The SMILES string of the molecule is COC(=O)[C@@H]1NC[C@@]12CCCC(F)(F)C2. The lowest BCUT2D eigenvalue weighted by Crippen LogP contribution is -2.68. The summed E-state index contributed by atoms with van der Waals surface area (Å²) in [5.74, 6) is -3.04. The van der Waals surface area contributed by atoms with Gasteiger partial charge in [0.2, 0.25) is 5.92 Å². The molecule has 86 valence electrons. The van der Waals surface area contributed by atoms with E-state index < -0.39 is 23.3 Å². The van der Waals surface area contributed by atoms with E-state index in [1.807, 2.05) is 0 Å². The number of carbonyl (C=O) groups is 1. The van der Waals surface area contributed by atoms with Crippen molar-refractivity contribution in [2.24, 2.45) is 5.41 Å². The van der Waals surface area contributed by atoms with E-state index in [9.17, 15) is 13.6 Å². The van der Waals surface area contributed by atoms with Gasteiger partial charge in [-0.1, -0.05) is 0 Å². The van der Waals surface area contributed by atoms with Crippen LogP contribution in [0.5, 0.6) is 0 Å². The van der Waals surface area contributed by atoms with Gasteiger partial charge in [0.25, 0.3) is 0 Å². The summed E-state index contributed by atoms with van der Waals surface area (Å²) >= 11 is 0. The molecule has 0 radical (unpaired) electrons. The van der Waals surface area contributed by atoms with Gasteiger partial charge in [0, 0.05) is 24.8 Å². The second-order valence-electron chi connectivity index (χ2n) is 4.59. The fraction of sp³-hybridized carbons (Fsp3) is 0.900. The minimum absolute atomic E-state index is 0.0529. The highest BCUT2D eigenvalue weighted by molar-refractivity contribution is 5.78. The Hall–Kier alpha value is -0.710. The second kappa shape index (κ2) is 3.40. The molecule has 1 saturated carbocycles. The number of alkyl halides is 2. The van der Waals surface area contributed by atoms with Gasteiger partial charge in [-0.25, -0.2) is 8.78 Å². The Morgan fingerprint density at radius 3 is 2.67 bits per heavy atom. The number of halogens is 2. The smallest absolute Gasteiger partial charge is 0.323 e. The lowest BCUT2D eigenvalue weighted by molar-refractivity contribution is -0.163. The molecular weight excluding hydrogens is 204 g/mol. The van der Waals surface area contributed by atoms with Gasteiger partial charge in [0.05, 0.1) is 7.11 Å². The summed E-state index contributed by atoms with van der Waals surface area (Å²) in [4.78, 5) is 11.3. The molecule has 2 aliphatic rings. The molecule has 1 saturated heterocycles. The molecule has 0 aromatic heterocycles. The summed E-state index contributed by atoms with van der Waals surface area (Å²) in [5, 5.41) is 2.89. The summed E-state index contributed by atoms with van der Waals surface area (Å²) in [6.07, 6.45) is 0.937. The van der Waals surface area contributed by atoms with Crippen LogP contribution >= 0.6 is 0 Å². The first-order chi connectivity index (χ1) is 6.99. The molecule has 5 heteroatoms. The maximum Gasteiger partial charge on any atom is 0.323 e. The van der Waals surface area contributed by atoms with Crippen molar-refractivity contribution >= 4 is 5.97 Å². The van der Waals surface area contributed by atoms with Gasteiger partial charge >= 0.3 is 5.97 Å². The molecule has 1 aliphatic carbocycles. The van der Waals surface area contributed by atoms with Crippen LogP contribution < -0.4 is 5.32 Å². The van der Waals surface area contributed by atoms with Crippen LogP contribution in [0, 0.1) is 5.41 Å². The van der Waals surface area contributed by atoms with Crippen molar-refractivity contribution in [3.05, 3.63) is 0 Å². The summed E-state index contributed by atoms with van der Waals surface area (Å²) in [6, 6.07) is -0.534. The molecular formula is C10H15F2NO2. The van der Waals surface area contributed by atoms with E-state index in [2.05, 4.69) is 10.1 Å². The van der Waals surface area contributed by atoms with Crippen molar-refractivity contribution in [2.75, 3.05) is 13.7 Å². The number of rotatable bonds is 1. The highest BCUT2D eigenvalue weighted by Gasteiger charge is 2.57. The van der Waals surface area contributed by atoms with Crippen molar-refractivity contribution in [3.8, 4) is 0 Å². The van der Waals surface area contributed by atoms with Crippen LogP contribution in [-0.4, -0.2) is 31.6 Å². The van der Waals surface area contributed by atoms with Crippen molar-refractivity contribution in [3.63, 3.8) is 0 Å². The molecule has 2 atom stereocenters. The Morgan fingerprint density at radius 1 is 1.47 bits per heavy atom. The lowest BCUT2D eigenvalue weighted by atomic mass is 9.63. The minimum atomic E-state index is -2.62. The number of carbonyl (C=O) groups excluding carboxylic acids is 1. The maximum atomic E-state index is 13.3. The van der Waals surface area contributed by atoms with Gasteiger partial charge in [-0.3, -0.25) is 4.79 Å². The Bertz CT molecular complexity index is 283. The number of nitrogens with one attached hydrogen (secondary N) is 1. The number of hydrogen-bond acceptors (Lipinski definition) is 3. The quantitative estimate of drug-likeness (QED) is 0.676. The Balaban J connectivity index is 2.10. The predicted octanol–water partition coefficient (Wildman–Crippen LogP) is 1.33. The zero-order chi connectivity index (χ0) is 11.1. The Kier molecular flexibility index (Phi) is 2.45. The average Bonchev–Trinajstić information content (AvgIpc) is 2.14. The van der Waals surface area contributed by atoms with Gasteiger partial charge in [-0.15, -0.1) is 0 Å². The van der Waals surface area contributed by atoms with Crippen LogP contribution in [0.3, 0.4) is 0 Å². The summed E-state index contributed by atoms with van der Waals surface area (Å²) < 4.78 is 31.2.